The van der Waals surface area contributed by atoms with Gasteiger partial charge in [-0.05, 0) is 18.6 Å². The Hall–Kier alpha value is -2.00. The van der Waals surface area contributed by atoms with Gasteiger partial charge in [-0.15, -0.1) is 0 Å². The van der Waals surface area contributed by atoms with Crippen molar-refractivity contribution in [1.29, 1.82) is 0 Å². The summed E-state index contributed by atoms with van der Waals surface area (Å²) in [6.45, 7) is 2.63. The number of hydrogen-bond acceptors (Lipinski definition) is 3. The summed E-state index contributed by atoms with van der Waals surface area (Å²) in [4.78, 5) is 0. The first kappa shape index (κ1) is 12.5. The molecule has 0 saturated carbocycles. The van der Waals surface area contributed by atoms with E-state index in [0.29, 0.717) is 6.54 Å². The molecule has 0 amide bonds. The van der Waals surface area contributed by atoms with E-state index in [1.54, 1.807) is 12.1 Å². The molecule has 2 aromatic rings. The zero-order valence-corrected chi connectivity index (χ0v) is 10.3. The van der Waals surface area contributed by atoms with Gasteiger partial charge in [-0.25, -0.2) is 0 Å². The van der Waals surface area contributed by atoms with Crippen molar-refractivity contribution >= 4 is 0 Å². The van der Waals surface area contributed by atoms with Crippen molar-refractivity contribution in [3.05, 3.63) is 59.7 Å². The van der Waals surface area contributed by atoms with Crippen molar-refractivity contribution in [2.75, 3.05) is 0 Å². The van der Waals surface area contributed by atoms with Crippen LogP contribution in [0.3, 0.4) is 0 Å². The molecule has 3 heteroatoms. The van der Waals surface area contributed by atoms with E-state index in [9.17, 15) is 10.2 Å². The Bertz CT molecular complexity index is 511. The standard InChI is InChI=1S/C15H17NO2/c1-11(12-5-3-2-4-6-12)16-10-13-7-8-14(17)9-15(13)18/h2-9,11,16-18H,10H2,1H3/t11-/m1/s1. The van der Waals surface area contributed by atoms with Gasteiger partial charge in [0, 0.05) is 24.2 Å². The highest BCUT2D eigenvalue weighted by atomic mass is 16.3. The maximum Gasteiger partial charge on any atom is 0.123 e. The zero-order chi connectivity index (χ0) is 13.0. The fraction of sp³-hybridized carbons (Fsp3) is 0.200. The predicted molar refractivity (Wildman–Crippen MR) is 71.5 cm³/mol. The summed E-state index contributed by atoms with van der Waals surface area (Å²) in [5, 5.41) is 22.2. The van der Waals surface area contributed by atoms with E-state index < -0.39 is 0 Å². The molecule has 0 aliphatic carbocycles. The van der Waals surface area contributed by atoms with Crippen LogP contribution in [0.25, 0.3) is 0 Å². The fourth-order valence-electron chi connectivity index (χ4n) is 1.82. The Morgan fingerprint density at radius 2 is 1.78 bits per heavy atom. The third-order valence-corrected chi connectivity index (χ3v) is 2.97. The molecule has 18 heavy (non-hydrogen) atoms. The van der Waals surface area contributed by atoms with Gasteiger partial charge in [-0.2, -0.15) is 0 Å². The topological polar surface area (TPSA) is 52.5 Å². The first-order valence-corrected chi connectivity index (χ1v) is 5.96. The highest BCUT2D eigenvalue weighted by molar-refractivity contribution is 5.38. The summed E-state index contributed by atoms with van der Waals surface area (Å²) in [6.07, 6.45) is 0. The first-order valence-electron chi connectivity index (χ1n) is 5.96. The fourth-order valence-corrected chi connectivity index (χ4v) is 1.82. The molecule has 0 aliphatic rings. The lowest BCUT2D eigenvalue weighted by Gasteiger charge is -2.14. The number of nitrogens with one attached hydrogen (secondary N) is 1. The largest absolute Gasteiger partial charge is 0.508 e. The number of phenolic OH excluding ortho intramolecular Hbond substituents is 2. The number of benzene rings is 2. The number of rotatable bonds is 4. The molecule has 3 nitrogen and oxygen atoms in total. The molecule has 0 saturated heterocycles. The number of aromatic hydroxyl groups is 2. The van der Waals surface area contributed by atoms with Gasteiger partial charge in [0.1, 0.15) is 11.5 Å². The second kappa shape index (κ2) is 5.56. The monoisotopic (exact) mass is 243 g/mol. The van der Waals surface area contributed by atoms with E-state index in [1.165, 1.54) is 11.6 Å². The molecule has 94 valence electrons. The van der Waals surface area contributed by atoms with E-state index in [2.05, 4.69) is 24.4 Å². The van der Waals surface area contributed by atoms with E-state index in [-0.39, 0.29) is 17.5 Å². The highest BCUT2D eigenvalue weighted by Crippen LogP contribution is 2.23. The van der Waals surface area contributed by atoms with Crippen molar-refractivity contribution in [2.45, 2.75) is 19.5 Å². The third kappa shape index (κ3) is 3.02. The SMILES string of the molecule is C[C@@H](NCc1ccc(O)cc1O)c1ccccc1. The molecule has 2 rings (SSSR count). The maximum atomic E-state index is 9.67. The van der Waals surface area contributed by atoms with Crippen LogP contribution in [-0.2, 0) is 6.54 Å². The Morgan fingerprint density at radius 1 is 1.06 bits per heavy atom. The van der Waals surface area contributed by atoms with Crippen LogP contribution >= 0.6 is 0 Å². The van der Waals surface area contributed by atoms with Crippen LogP contribution < -0.4 is 5.32 Å². The van der Waals surface area contributed by atoms with Gasteiger partial charge in [-0.3, -0.25) is 0 Å². The van der Waals surface area contributed by atoms with Gasteiger partial charge in [0.15, 0.2) is 0 Å². The Labute approximate surface area is 107 Å². The molecule has 0 heterocycles. The highest BCUT2D eigenvalue weighted by Gasteiger charge is 2.06. The number of hydrogen-bond donors (Lipinski definition) is 3. The van der Waals surface area contributed by atoms with Crippen molar-refractivity contribution < 1.29 is 10.2 Å². The van der Waals surface area contributed by atoms with E-state index in [0.717, 1.165) is 5.56 Å². The molecule has 1 atom stereocenters. The minimum atomic E-state index is 0.0763. The molecule has 0 unspecified atom stereocenters. The molecule has 2 aromatic carbocycles. The summed E-state index contributed by atoms with van der Waals surface area (Å²) >= 11 is 0. The molecule has 0 aliphatic heterocycles. The van der Waals surface area contributed by atoms with Crippen LogP contribution in [0, 0.1) is 0 Å². The minimum absolute atomic E-state index is 0.0763. The second-order valence-corrected chi connectivity index (χ2v) is 4.33. The third-order valence-electron chi connectivity index (χ3n) is 2.97. The first-order chi connectivity index (χ1) is 8.66. The lowest BCUT2D eigenvalue weighted by Crippen LogP contribution is -2.17. The summed E-state index contributed by atoms with van der Waals surface area (Å²) < 4.78 is 0. The normalized spacial score (nSPS) is 12.3. The van der Waals surface area contributed by atoms with Crippen LogP contribution in [0.15, 0.2) is 48.5 Å². The average Bonchev–Trinajstić information content (AvgIpc) is 2.38. The lowest BCUT2D eigenvalue weighted by atomic mass is 10.1. The van der Waals surface area contributed by atoms with Crippen molar-refractivity contribution in [3.63, 3.8) is 0 Å². The van der Waals surface area contributed by atoms with Gasteiger partial charge in [0.25, 0.3) is 0 Å². The zero-order valence-electron chi connectivity index (χ0n) is 10.3. The van der Waals surface area contributed by atoms with Crippen LogP contribution in [-0.4, -0.2) is 10.2 Å². The Morgan fingerprint density at radius 3 is 2.44 bits per heavy atom. The average molecular weight is 243 g/mol. The maximum absolute atomic E-state index is 9.67. The molecular formula is C15H17NO2. The summed E-state index contributed by atoms with van der Waals surface area (Å²) in [5.41, 5.74) is 1.98. The van der Waals surface area contributed by atoms with Crippen LogP contribution in [0.1, 0.15) is 24.1 Å². The molecule has 0 aromatic heterocycles. The summed E-state index contributed by atoms with van der Waals surface area (Å²) in [5.74, 6) is 0.190. The van der Waals surface area contributed by atoms with Crippen LogP contribution in [0.2, 0.25) is 0 Å². The quantitative estimate of drug-likeness (QED) is 0.773. The second-order valence-electron chi connectivity index (χ2n) is 4.33. The van der Waals surface area contributed by atoms with Gasteiger partial charge < -0.3 is 15.5 Å². The molecule has 3 N–H and O–H groups in total. The minimum Gasteiger partial charge on any atom is -0.508 e. The van der Waals surface area contributed by atoms with E-state index >= 15 is 0 Å². The van der Waals surface area contributed by atoms with Crippen LogP contribution in [0.4, 0.5) is 0 Å². The number of phenols is 2. The van der Waals surface area contributed by atoms with Crippen molar-refractivity contribution in [2.24, 2.45) is 0 Å². The Kier molecular flexibility index (Phi) is 3.85. The smallest absolute Gasteiger partial charge is 0.123 e. The molecule has 0 fully saturated rings. The van der Waals surface area contributed by atoms with E-state index in [1.807, 2.05) is 18.2 Å². The summed E-state index contributed by atoms with van der Waals surface area (Å²) in [6, 6.07) is 15.0. The van der Waals surface area contributed by atoms with Crippen molar-refractivity contribution in [3.8, 4) is 11.5 Å². The lowest BCUT2D eigenvalue weighted by molar-refractivity contribution is 0.441. The van der Waals surface area contributed by atoms with Gasteiger partial charge >= 0.3 is 0 Å². The van der Waals surface area contributed by atoms with Gasteiger partial charge in [-0.1, -0.05) is 36.4 Å². The summed E-state index contributed by atoms with van der Waals surface area (Å²) in [7, 11) is 0. The molecule has 0 spiro atoms. The predicted octanol–water partition coefficient (Wildman–Crippen LogP) is 2.95. The van der Waals surface area contributed by atoms with E-state index in [4.69, 9.17) is 0 Å². The van der Waals surface area contributed by atoms with Crippen LogP contribution in [0.5, 0.6) is 11.5 Å². The van der Waals surface area contributed by atoms with Gasteiger partial charge in [0.2, 0.25) is 0 Å². The molecular weight excluding hydrogens is 226 g/mol. The molecule has 0 radical (unpaired) electrons. The van der Waals surface area contributed by atoms with Gasteiger partial charge in [0.05, 0.1) is 0 Å². The molecule has 0 bridgehead atoms. The van der Waals surface area contributed by atoms with Crippen molar-refractivity contribution in [1.82, 2.24) is 5.32 Å². The Balaban J connectivity index is 1.99.